The van der Waals surface area contributed by atoms with Crippen molar-refractivity contribution in [3.05, 3.63) is 22.1 Å². The Morgan fingerprint density at radius 1 is 1.35 bits per heavy atom. The Hall–Kier alpha value is -1.10. The van der Waals surface area contributed by atoms with Crippen LogP contribution in [0.25, 0.3) is 0 Å². The maximum absolute atomic E-state index is 11.9. The van der Waals surface area contributed by atoms with Crippen molar-refractivity contribution in [1.29, 1.82) is 0 Å². The first kappa shape index (κ1) is 17.0. The highest BCUT2D eigenvalue weighted by molar-refractivity contribution is 8.13. The summed E-state index contributed by atoms with van der Waals surface area (Å²) in [5, 5.41) is 0.574. The number of thioether (sulfide) groups is 1. The summed E-state index contributed by atoms with van der Waals surface area (Å²) in [7, 11) is 1.65. The van der Waals surface area contributed by atoms with E-state index in [1.807, 2.05) is 0 Å². The minimum atomic E-state index is -0.121. The molecule has 1 aromatic heterocycles. The Morgan fingerprint density at radius 3 is 2.70 bits per heavy atom. The van der Waals surface area contributed by atoms with Gasteiger partial charge in [-0.05, 0) is 31.0 Å². The van der Waals surface area contributed by atoms with E-state index in [1.54, 1.807) is 14.0 Å². The molecule has 0 aromatic carbocycles. The molecule has 0 N–H and O–H groups in total. The highest BCUT2D eigenvalue weighted by Crippen LogP contribution is 2.18. The van der Waals surface area contributed by atoms with Crippen LogP contribution in [0.2, 0.25) is 0 Å². The van der Waals surface area contributed by atoms with Crippen molar-refractivity contribution < 1.29 is 4.79 Å². The van der Waals surface area contributed by atoms with E-state index < -0.39 is 0 Å². The largest absolute Gasteiger partial charge is 0.290 e. The Labute approximate surface area is 125 Å². The zero-order chi connectivity index (χ0) is 15.1. The van der Waals surface area contributed by atoms with E-state index in [0.29, 0.717) is 17.3 Å². The number of carbonyl (C=O) groups excluding carboxylic acids is 1. The molecule has 0 aliphatic rings. The number of aryl methyl sites for hydroxylation is 1. The molecule has 5 heteroatoms. The summed E-state index contributed by atoms with van der Waals surface area (Å²) in [6.07, 6.45) is 4.95. The lowest BCUT2D eigenvalue weighted by Crippen LogP contribution is -2.19. The van der Waals surface area contributed by atoms with Crippen LogP contribution in [0, 0.1) is 12.8 Å². The summed E-state index contributed by atoms with van der Waals surface area (Å²) in [6, 6.07) is 1.47. The molecule has 0 amide bonds. The molecule has 0 saturated heterocycles. The van der Waals surface area contributed by atoms with Crippen molar-refractivity contribution in [2.45, 2.75) is 58.0 Å². The predicted molar refractivity (Wildman–Crippen MR) is 83.0 cm³/mol. The maximum Gasteiger partial charge on any atom is 0.254 e. The quantitative estimate of drug-likeness (QED) is 0.440. The monoisotopic (exact) mass is 296 g/mol. The molecule has 112 valence electrons. The zero-order valence-corrected chi connectivity index (χ0v) is 13.6. The molecular weight excluding hydrogens is 272 g/mol. The number of unbranched alkanes of at least 4 members (excludes halogenated alkanes) is 2. The number of aromatic nitrogens is 2. The number of hydrogen-bond acceptors (Lipinski definition) is 4. The molecule has 4 nitrogen and oxygen atoms in total. The van der Waals surface area contributed by atoms with Crippen LogP contribution in [0.4, 0.5) is 0 Å². The fourth-order valence-corrected chi connectivity index (χ4v) is 2.74. The standard InChI is InChI=1S/C15H24N2O2S/c1-11(2)8-6-5-7-9-14(19)20-15-16-12(3)10-13(18)17(15)4/h10-11H,5-9H2,1-4H3. The third-order valence-electron chi connectivity index (χ3n) is 3.09. The van der Waals surface area contributed by atoms with Gasteiger partial charge in [0.05, 0.1) is 0 Å². The molecule has 0 radical (unpaired) electrons. The van der Waals surface area contributed by atoms with Gasteiger partial charge in [0.15, 0.2) is 10.3 Å². The summed E-state index contributed by atoms with van der Waals surface area (Å²) in [5.41, 5.74) is 0.532. The lowest BCUT2D eigenvalue weighted by atomic mass is 10.0. The Morgan fingerprint density at radius 2 is 2.05 bits per heavy atom. The Balaban J connectivity index is 2.41. The summed E-state index contributed by atoms with van der Waals surface area (Å²) in [4.78, 5) is 27.7. The highest BCUT2D eigenvalue weighted by Gasteiger charge is 2.10. The fraction of sp³-hybridized carbons (Fsp3) is 0.667. The third kappa shape index (κ3) is 5.90. The normalized spacial score (nSPS) is 11.1. The van der Waals surface area contributed by atoms with Crippen molar-refractivity contribution >= 4 is 16.9 Å². The van der Waals surface area contributed by atoms with Crippen LogP contribution >= 0.6 is 11.8 Å². The molecular formula is C15H24N2O2S. The van der Waals surface area contributed by atoms with Crippen LogP contribution < -0.4 is 5.56 Å². The second kappa shape index (κ2) is 8.25. The molecule has 1 heterocycles. The molecule has 0 atom stereocenters. The zero-order valence-electron chi connectivity index (χ0n) is 12.8. The Kier molecular flexibility index (Phi) is 6.99. The van der Waals surface area contributed by atoms with Gasteiger partial charge in [-0.2, -0.15) is 0 Å². The van der Waals surface area contributed by atoms with Gasteiger partial charge in [-0.15, -0.1) is 0 Å². The van der Waals surface area contributed by atoms with E-state index in [0.717, 1.165) is 30.5 Å². The van der Waals surface area contributed by atoms with Gasteiger partial charge in [0, 0.05) is 25.2 Å². The summed E-state index contributed by atoms with van der Waals surface area (Å²) in [5.74, 6) is 0.728. The number of nitrogens with zero attached hydrogens (tertiary/aromatic N) is 2. The van der Waals surface area contributed by atoms with Crippen LogP contribution in [0.3, 0.4) is 0 Å². The average Bonchev–Trinajstić information content (AvgIpc) is 2.34. The van der Waals surface area contributed by atoms with Gasteiger partial charge < -0.3 is 0 Å². The van der Waals surface area contributed by atoms with Crippen molar-refractivity contribution in [3.8, 4) is 0 Å². The minimum absolute atomic E-state index is 0.0858. The second-order valence-electron chi connectivity index (χ2n) is 5.54. The molecule has 0 fully saturated rings. The van der Waals surface area contributed by atoms with E-state index in [9.17, 15) is 9.59 Å². The van der Waals surface area contributed by atoms with Gasteiger partial charge in [-0.25, -0.2) is 4.98 Å². The first-order valence-electron chi connectivity index (χ1n) is 7.15. The number of hydrogen-bond donors (Lipinski definition) is 0. The summed E-state index contributed by atoms with van der Waals surface area (Å²) >= 11 is 1.08. The molecule has 0 saturated carbocycles. The highest BCUT2D eigenvalue weighted by atomic mass is 32.2. The van der Waals surface area contributed by atoms with Crippen LogP contribution in [0.1, 0.15) is 51.6 Å². The fourth-order valence-electron chi connectivity index (χ4n) is 1.87. The average molecular weight is 296 g/mol. The third-order valence-corrected chi connectivity index (χ3v) is 4.07. The van der Waals surface area contributed by atoms with E-state index in [2.05, 4.69) is 18.8 Å². The predicted octanol–water partition coefficient (Wildman–Crippen LogP) is 3.31. The second-order valence-corrected chi connectivity index (χ2v) is 6.57. The van der Waals surface area contributed by atoms with E-state index in [4.69, 9.17) is 0 Å². The lowest BCUT2D eigenvalue weighted by Gasteiger charge is -2.07. The van der Waals surface area contributed by atoms with E-state index in [-0.39, 0.29) is 10.7 Å². The van der Waals surface area contributed by atoms with Crippen LogP contribution in [-0.2, 0) is 11.8 Å². The summed E-state index contributed by atoms with van der Waals surface area (Å²) in [6.45, 7) is 6.19. The van der Waals surface area contributed by atoms with Crippen LogP contribution in [0.5, 0.6) is 0 Å². The molecule has 0 spiro atoms. The molecule has 0 bridgehead atoms. The molecule has 0 unspecified atom stereocenters. The van der Waals surface area contributed by atoms with Crippen LogP contribution in [-0.4, -0.2) is 14.7 Å². The van der Waals surface area contributed by atoms with E-state index >= 15 is 0 Å². The lowest BCUT2D eigenvalue weighted by molar-refractivity contribution is -0.111. The molecule has 20 heavy (non-hydrogen) atoms. The summed E-state index contributed by atoms with van der Waals surface area (Å²) < 4.78 is 1.42. The maximum atomic E-state index is 11.9. The topological polar surface area (TPSA) is 52.0 Å². The van der Waals surface area contributed by atoms with Crippen molar-refractivity contribution in [3.63, 3.8) is 0 Å². The van der Waals surface area contributed by atoms with Gasteiger partial charge in [0.2, 0.25) is 0 Å². The van der Waals surface area contributed by atoms with Gasteiger partial charge in [-0.1, -0.05) is 33.1 Å². The van der Waals surface area contributed by atoms with E-state index in [1.165, 1.54) is 23.5 Å². The van der Waals surface area contributed by atoms with Gasteiger partial charge in [0.1, 0.15) is 0 Å². The van der Waals surface area contributed by atoms with Crippen LogP contribution in [0.15, 0.2) is 16.0 Å². The smallest absolute Gasteiger partial charge is 0.254 e. The van der Waals surface area contributed by atoms with Crippen molar-refractivity contribution in [1.82, 2.24) is 9.55 Å². The number of carbonyl (C=O) groups is 1. The van der Waals surface area contributed by atoms with Gasteiger partial charge >= 0.3 is 0 Å². The number of rotatable bonds is 7. The first-order chi connectivity index (χ1) is 9.40. The molecule has 0 aliphatic carbocycles. The van der Waals surface area contributed by atoms with Gasteiger partial charge in [0.25, 0.3) is 5.56 Å². The van der Waals surface area contributed by atoms with Gasteiger partial charge in [-0.3, -0.25) is 14.2 Å². The molecule has 0 aliphatic heterocycles. The van der Waals surface area contributed by atoms with Crippen molar-refractivity contribution in [2.75, 3.05) is 0 Å². The molecule has 1 rings (SSSR count). The minimum Gasteiger partial charge on any atom is -0.290 e. The SMILES string of the molecule is Cc1cc(=O)n(C)c(SC(=O)CCCCCC(C)C)n1. The molecule has 1 aromatic rings. The van der Waals surface area contributed by atoms with Crippen molar-refractivity contribution in [2.24, 2.45) is 13.0 Å². The first-order valence-corrected chi connectivity index (χ1v) is 7.97. The Bertz CT molecular complexity index is 509.